The SMILES string of the molecule is CCNC(=O)[C@H](CC)N(Cc1ccccc1Cl)C(=O)CN(c1cccc([N+](=O)[O-])c1)S(C)(=O)=O. The van der Waals surface area contributed by atoms with Crippen molar-refractivity contribution in [2.75, 3.05) is 23.7 Å². The van der Waals surface area contributed by atoms with Crippen LogP contribution in [0.3, 0.4) is 0 Å². The van der Waals surface area contributed by atoms with Crippen molar-refractivity contribution in [2.45, 2.75) is 32.9 Å². The molecule has 12 heteroatoms. The van der Waals surface area contributed by atoms with E-state index in [-0.39, 0.29) is 30.2 Å². The topological polar surface area (TPSA) is 130 Å². The highest BCUT2D eigenvalue weighted by Crippen LogP contribution is 2.25. The number of nitro groups is 1. The lowest BCUT2D eigenvalue weighted by atomic mass is 10.1. The zero-order valence-corrected chi connectivity index (χ0v) is 20.7. The minimum atomic E-state index is -4.00. The first kappa shape index (κ1) is 27.1. The second kappa shape index (κ2) is 11.8. The smallest absolute Gasteiger partial charge is 0.271 e. The first-order chi connectivity index (χ1) is 16.0. The lowest BCUT2D eigenvalue weighted by Gasteiger charge is -2.33. The van der Waals surface area contributed by atoms with Crippen molar-refractivity contribution >= 4 is 44.8 Å². The zero-order valence-electron chi connectivity index (χ0n) is 19.1. The van der Waals surface area contributed by atoms with Crippen LogP contribution in [0.5, 0.6) is 0 Å². The number of benzene rings is 2. The lowest BCUT2D eigenvalue weighted by Crippen LogP contribution is -2.52. The Kier molecular flexibility index (Phi) is 9.39. The third-order valence-electron chi connectivity index (χ3n) is 5.04. The van der Waals surface area contributed by atoms with Crippen LogP contribution in [0.15, 0.2) is 48.5 Å². The Morgan fingerprint density at radius 3 is 2.38 bits per heavy atom. The Morgan fingerprint density at radius 1 is 1.15 bits per heavy atom. The van der Waals surface area contributed by atoms with Crippen LogP contribution in [0, 0.1) is 10.1 Å². The van der Waals surface area contributed by atoms with Gasteiger partial charge in [0.2, 0.25) is 21.8 Å². The summed E-state index contributed by atoms with van der Waals surface area (Å²) in [7, 11) is -4.00. The summed E-state index contributed by atoms with van der Waals surface area (Å²) in [6.45, 7) is 3.16. The van der Waals surface area contributed by atoms with E-state index in [9.17, 15) is 28.1 Å². The van der Waals surface area contributed by atoms with Gasteiger partial charge in [-0.05, 0) is 31.0 Å². The number of halogens is 1. The van der Waals surface area contributed by atoms with Crippen LogP contribution in [0.25, 0.3) is 0 Å². The number of nitro benzene ring substituents is 1. The van der Waals surface area contributed by atoms with Crippen molar-refractivity contribution in [3.05, 3.63) is 69.2 Å². The van der Waals surface area contributed by atoms with E-state index in [2.05, 4.69) is 5.32 Å². The van der Waals surface area contributed by atoms with Gasteiger partial charge in [0.25, 0.3) is 5.69 Å². The van der Waals surface area contributed by atoms with E-state index < -0.39 is 33.4 Å². The Bertz CT molecular complexity index is 1160. The normalized spacial score (nSPS) is 12.0. The van der Waals surface area contributed by atoms with Gasteiger partial charge in [-0.15, -0.1) is 0 Å². The molecule has 0 aliphatic rings. The van der Waals surface area contributed by atoms with E-state index in [1.165, 1.54) is 23.1 Å². The molecule has 0 aromatic heterocycles. The summed E-state index contributed by atoms with van der Waals surface area (Å²) < 4.78 is 25.9. The molecule has 0 radical (unpaired) electrons. The van der Waals surface area contributed by atoms with Crippen LogP contribution in [0.1, 0.15) is 25.8 Å². The molecule has 0 aliphatic carbocycles. The van der Waals surface area contributed by atoms with E-state index in [0.717, 1.165) is 16.6 Å². The van der Waals surface area contributed by atoms with Crippen molar-refractivity contribution in [3.8, 4) is 0 Å². The molecule has 34 heavy (non-hydrogen) atoms. The largest absolute Gasteiger partial charge is 0.355 e. The van der Waals surface area contributed by atoms with E-state index in [1.807, 2.05) is 0 Å². The van der Waals surface area contributed by atoms with E-state index in [4.69, 9.17) is 11.6 Å². The quantitative estimate of drug-likeness (QED) is 0.365. The molecule has 0 saturated carbocycles. The van der Waals surface area contributed by atoms with Gasteiger partial charge in [0.15, 0.2) is 0 Å². The number of hydrogen-bond donors (Lipinski definition) is 1. The third kappa shape index (κ3) is 6.91. The number of nitrogens with zero attached hydrogens (tertiary/aromatic N) is 3. The number of likely N-dealkylation sites (N-methyl/N-ethyl adjacent to an activating group) is 1. The predicted octanol–water partition coefficient (Wildman–Crippen LogP) is 2.96. The van der Waals surface area contributed by atoms with E-state index in [1.54, 1.807) is 38.1 Å². The molecule has 2 amide bonds. The van der Waals surface area contributed by atoms with Gasteiger partial charge in [0.05, 0.1) is 16.9 Å². The molecule has 0 heterocycles. The molecule has 10 nitrogen and oxygen atoms in total. The summed E-state index contributed by atoms with van der Waals surface area (Å²) in [5.41, 5.74) is 0.232. The predicted molar refractivity (Wildman–Crippen MR) is 130 cm³/mol. The Hall–Kier alpha value is -3.18. The summed E-state index contributed by atoms with van der Waals surface area (Å²) in [4.78, 5) is 38.0. The third-order valence-corrected chi connectivity index (χ3v) is 6.55. The molecule has 1 atom stereocenters. The summed E-state index contributed by atoms with van der Waals surface area (Å²) in [6, 6.07) is 10.9. The maximum Gasteiger partial charge on any atom is 0.271 e. The summed E-state index contributed by atoms with van der Waals surface area (Å²) in [5.74, 6) is -1.04. The number of carbonyl (C=O) groups is 2. The molecule has 0 unspecified atom stereocenters. The average molecular weight is 511 g/mol. The number of rotatable bonds is 11. The molecule has 2 aromatic rings. The van der Waals surface area contributed by atoms with Crippen molar-refractivity contribution in [2.24, 2.45) is 0 Å². The van der Waals surface area contributed by atoms with Crippen LogP contribution in [0.2, 0.25) is 5.02 Å². The number of hydrogen-bond acceptors (Lipinski definition) is 6. The number of anilines is 1. The fourth-order valence-corrected chi connectivity index (χ4v) is 4.43. The number of carbonyl (C=O) groups excluding carboxylic acids is 2. The van der Waals surface area contributed by atoms with Crippen molar-refractivity contribution in [1.82, 2.24) is 10.2 Å². The number of non-ortho nitro benzene ring substituents is 1. The number of sulfonamides is 1. The van der Waals surface area contributed by atoms with Crippen LogP contribution < -0.4 is 9.62 Å². The summed E-state index contributed by atoms with van der Waals surface area (Å²) >= 11 is 6.27. The first-order valence-electron chi connectivity index (χ1n) is 10.5. The monoisotopic (exact) mass is 510 g/mol. The highest BCUT2D eigenvalue weighted by molar-refractivity contribution is 7.92. The van der Waals surface area contributed by atoms with Crippen LogP contribution in [0.4, 0.5) is 11.4 Å². The van der Waals surface area contributed by atoms with Gasteiger partial charge in [0, 0.05) is 30.2 Å². The molecule has 184 valence electrons. The lowest BCUT2D eigenvalue weighted by molar-refractivity contribution is -0.384. The maximum atomic E-state index is 13.5. The Balaban J connectivity index is 2.48. The molecule has 2 aromatic carbocycles. The van der Waals surface area contributed by atoms with Gasteiger partial charge in [-0.3, -0.25) is 24.0 Å². The van der Waals surface area contributed by atoms with Gasteiger partial charge < -0.3 is 10.2 Å². The van der Waals surface area contributed by atoms with Gasteiger partial charge in [0.1, 0.15) is 12.6 Å². The van der Waals surface area contributed by atoms with Gasteiger partial charge in [-0.2, -0.15) is 0 Å². The highest BCUT2D eigenvalue weighted by atomic mass is 35.5. The summed E-state index contributed by atoms with van der Waals surface area (Å²) in [5, 5.41) is 14.2. The molecule has 0 aliphatic heterocycles. The number of amides is 2. The fraction of sp³-hybridized carbons (Fsp3) is 0.364. The molecule has 0 fully saturated rings. The zero-order chi connectivity index (χ0) is 25.5. The standard InChI is InChI=1S/C22H27ClN4O6S/c1-4-20(22(29)24-5-2)25(14-16-9-6-7-12-19(16)23)21(28)15-26(34(3,32)33)17-10-8-11-18(13-17)27(30)31/h6-13,20H,4-5,14-15H2,1-3H3,(H,24,29)/t20-/m0/s1. The van der Waals surface area contributed by atoms with Crippen molar-refractivity contribution < 1.29 is 22.9 Å². The van der Waals surface area contributed by atoms with Gasteiger partial charge >= 0.3 is 0 Å². The van der Waals surface area contributed by atoms with Crippen molar-refractivity contribution in [3.63, 3.8) is 0 Å². The minimum Gasteiger partial charge on any atom is -0.355 e. The van der Waals surface area contributed by atoms with Crippen LogP contribution in [-0.4, -0.2) is 55.4 Å². The Labute approximate surface area is 203 Å². The van der Waals surface area contributed by atoms with E-state index in [0.29, 0.717) is 17.1 Å². The van der Waals surface area contributed by atoms with E-state index >= 15 is 0 Å². The van der Waals surface area contributed by atoms with Crippen LogP contribution >= 0.6 is 11.6 Å². The molecule has 0 spiro atoms. The average Bonchev–Trinajstić information content (AvgIpc) is 2.77. The van der Waals surface area contributed by atoms with Crippen LogP contribution in [-0.2, 0) is 26.2 Å². The molecular formula is C22H27ClN4O6S. The summed E-state index contributed by atoms with van der Waals surface area (Å²) in [6.07, 6.45) is 1.18. The van der Waals surface area contributed by atoms with Gasteiger partial charge in [-0.1, -0.05) is 42.8 Å². The molecule has 1 N–H and O–H groups in total. The second-order valence-electron chi connectivity index (χ2n) is 7.48. The van der Waals surface area contributed by atoms with Crippen molar-refractivity contribution in [1.29, 1.82) is 0 Å². The number of nitrogens with one attached hydrogen (secondary N) is 1. The highest BCUT2D eigenvalue weighted by Gasteiger charge is 2.32. The first-order valence-corrected chi connectivity index (χ1v) is 12.7. The molecular weight excluding hydrogens is 484 g/mol. The maximum absolute atomic E-state index is 13.5. The van der Waals surface area contributed by atoms with Gasteiger partial charge in [-0.25, -0.2) is 8.42 Å². The molecule has 0 saturated heterocycles. The molecule has 0 bridgehead atoms. The Morgan fingerprint density at radius 2 is 1.82 bits per heavy atom. The molecule has 2 rings (SSSR count). The fourth-order valence-electron chi connectivity index (χ4n) is 3.40. The minimum absolute atomic E-state index is 0.0271. The second-order valence-corrected chi connectivity index (χ2v) is 9.79.